The van der Waals surface area contributed by atoms with Crippen LogP contribution in [-0.4, -0.2) is 16.3 Å². The van der Waals surface area contributed by atoms with E-state index in [9.17, 15) is 4.39 Å². The first kappa shape index (κ1) is 14.0. The summed E-state index contributed by atoms with van der Waals surface area (Å²) in [6.45, 7) is 2.84. The number of aromatic nitrogens is 2. The minimum absolute atomic E-state index is 0.0878. The highest BCUT2D eigenvalue weighted by atomic mass is 35.5. The maximum atomic E-state index is 13.0. The molecule has 0 spiro atoms. The first-order valence-corrected chi connectivity index (χ1v) is 6.60. The van der Waals surface area contributed by atoms with Gasteiger partial charge in [-0.15, -0.1) is 0 Å². The zero-order valence-electron chi connectivity index (χ0n) is 11.0. The highest BCUT2D eigenvalue weighted by Crippen LogP contribution is 2.23. The lowest BCUT2D eigenvalue weighted by Crippen LogP contribution is -2.21. The molecule has 102 valence electrons. The summed E-state index contributed by atoms with van der Waals surface area (Å²) in [6.07, 6.45) is 4.76. The number of aryl methyl sites for hydroxylation is 1. The smallest absolute Gasteiger partial charge is 0.124 e. The highest BCUT2D eigenvalue weighted by Gasteiger charge is 2.09. The number of hydrogen-bond donors (Lipinski definition) is 1. The summed E-state index contributed by atoms with van der Waals surface area (Å²) >= 11 is 6.03. The predicted molar refractivity (Wildman–Crippen MR) is 74.7 cm³/mol. The lowest BCUT2D eigenvalue weighted by Gasteiger charge is -2.15. The first-order chi connectivity index (χ1) is 9.06. The summed E-state index contributed by atoms with van der Waals surface area (Å²) in [5.74, 6) is -0.309. The van der Waals surface area contributed by atoms with Crippen LogP contribution < -0.4 is 5.32 Å². The molecule has 0 fully saturated rings. The Balaban J connectivity index is 1.88. The van der Waals surface area contributed by atoms with Crippen molar-refractivity contribution in [2.75, 3.05) is 6.54 Å². The topological polar surface area (TPSA) is 29.9 Å². The van der Waals surface area contributed by atoms with Crippen molar-refractivity contribution in [3.05, 3.63) is 52.6 Å². The number of halogens is 2. The van der Waals surface area contributed by atoms with E-state index in [1.807, 2.05) is 26.4 Å². The zero-order chi connectivity index (χ0) is 13.8. The van der Waals surface area contributed by atoms with Gasteiger partial charge in [0.05, 0.1) is 6.20 Å². The lowest BCUT2D eigenvalue weighted by atomic mass is 10.1. The van der Waals surface area contributed by atoms with Gasteiger partial charge in [-0.3, -0.25) is 4.68 Å². The van der Waals surface area contributed by atoms with Crippen LogP contribution in [0.25, 0.3) is 0 Å². The molecule has 2 aromatic rings. The number of rotatable bonds is 5. The fourth-order valence-corrected chi connectivity index (χ4v) is 2.33. The quantitative estimate of drug-likeness (QED) is 0.913. The molecule has 0 saturated heterocycles. The van der Waals surface area contributed by atoms with Gasteiger partial charge in [0.15, 0.2) is 0 Å². The Morgan fingerprint density at radius 1 is 1.47 bits per heavy atom. The Morgan fingerprint density at radius 3 is 2.89 bits per heavy atom. The maximum absolute atomic E-state index is 13.0. The van der Waals surface area contributed by atoms with Crippen molar-refractivity contribution in [3.63, 3.8) is 0 Å². The second-order valence-corrected chi connectivity index (χ2v) is 5.02. The molecule has 0 aliphatic rings. The fourth-order valence-electron chi connectivity index (χ4n) is 2.00. The third kappa shape index (κ3) is 3.78. The molecule has 0 aliphatic carbocycles. The molecule has 1 atom stereocenters. The Hall–Kier alpha value is -1.39. The van der Waals surface area contributed by atoms with Crippen molar-refractivity contribution in [2.45, 2.75) is 19.4 Å². The van der Waals surface area contributed by atoms with Crippen LogP contribution in [0, 0.1) is 5.82 Å². The zero-order valence-corrected chi connectivity index (χ0v) is 11.8. The van der Waals surface area contributed by atoms with Gasteiger partial charge >= 0.3 is 0 Å². The van der Waals surface area contributed by atoms with E-state index in [1.54, 1.807) is 10.7 Å². The second-order valence-electron chi connectivity index (χ2n) is 4.61. The van der Waals surface area contributed by atoms with Crippen molar-refractivity contribution in [2.24, 2.45) is 7.05 Å². The molecule has 1 heterocycles. The first-order valence-electron chi connectivity index (χ1n) is 6.22. The molecule has 1 aromatic carbocycles. The number of hydrogen-bond acceptors (Lipinski definition) is 2. The molecular weight excluding hydrogens is 265 g/mol. The van der Waals surface area contributed by atoms with E-state index in [0.717, 1.165) is 18.5 Å². The second kappa shape index (κ2) is 6.17. The monoisotopic (exact) mass is 281 g/mol. The van der Waals surface area contributed by atoms with Crippen LogP contribution in [0.2, 0.25) is 5.02 Å². The van der Waals surface area contributed by atoms with Crippen LogP contribution >= 0.6 is 11.6 Å². The highest BCUT2D eigenvalue weighted by molar-refractivity contribution is 6.31. The van der Waals surface area contributed by atoms with Crippen molar-refractivity contribution in [1.82, 2.24) is 15.1 Å². The number of benzene rings is 1. The maximum Gasteiger partial charge on any atom is 0.124 e. The van der Waals surface area contributed by atoms with E-state index in [1.165, 1.54) is 17.7 Å². The molecule has 0 radical (unpaired) electrons. The normalized spacial score (nSPS) is 12.6. The molecule has 5 heteroatoms. The minimum Gasteiger partial charge on any atom is -0.310 e. The molecule has 2 rings (SSSR count). The van der Waals surface area contributed by atoms with Gasteiger partial charge in [-0.05, 0) is 43.1 Å². The third-order valence-corrected chi connectivity index (χ3v) is 3.38. The Bertz CT molecular complexity index is 553. The van der Waals surface area contributed by atoms with Crippen LogP contribution in [0.5, 0.6) is 0 Å². The molecule has 3 nitrogen and oxygen atoms in total. The SMILES string of the molecule is CC(NCCc1cnn(C)c1)c1ccc(F)cc1Cl. The molecule has 0 saturated carbocycles. The Labute approximate surface area is 117 Å². The number of nitrogens with zero attached hydrogens (tertiary/aromatic N) is 2. The molecule has 1 N–H and O–H groups in total. The average Bonchev–Trinajstić information content (AvgIpc) is 2.75. The molecule has 0 bridgehead atoms. The van der Waals surface area contributed by atoms with E-state index in [0.29, 0.717) is 5.02 Å². The van der Waals surface area contributed by atoms with Crippen LogP contribution in [0.4, 0.5) is 4.39 Å². The van der Waals surface area contributed by atoms with Gasteiger partial charge in [0.1, 0.15) is 5.82 Å². The van der Waals surface area contributed by atoms with Crippen molar-refractivity contribution in [3.8, 4) is 0 Å². The third-order valence-electron chi connectivity index (χ3n) is 3.05. The molecule has 0 aliphatic heterocycles. The summed E-state index contributed by atoms with van der Waals surface area (Å²) in [5, 5.41) is 7.96. The van der Waals surface area contributed by atoms with Gasteiger partial charge in [-0.1, -0.05) is 17.7 Å². The molecule has 19 heavy (non-hydrogen) atoms. The van der Waals surface area contributed by atoms with Crippen molar-refractivity contribution in [1.29, 1.82) is 0 Å². The van der Waals surface area contributed by atoms with Gasteiger partial charge in [0.2, 0.25) is 0 Å². The van der Waals surface area contributed by atoms with Gasteiger partial charge < -0.3 is 5.32 Å². The van der Waals surface area contributed by atoms with Crippen LogP contribution in [-0.2, 0) is 13.5 Å². The van der Waals surface area contributed by atoms with E-state index in [-0.39, 0.29) is 11.9 Å². The summed E-state index contributed by atoms with van der Waals surface area (Å²) in [5.41, 5.74) is 2.10. The average molecular weight is 282 g/mol. The minimum atomic E-state index is -0.309. The molecule has 1 unspecified atom stereocenters. The number of nitrogens with one attached hydrogen (secondary N) is 1. The fraction of sp³-hybridized carbons (Fsp3) is 0.357. The van der Waals surface area contributed by atoms with Gasteiger partial charge in [-0.25, -0.2) is 4.39 Å². The summed E-state index contributed by atoms with van der Waals surface area (Å²) in [6, 6.07) is 4.58. The van der Waals surface area contributed by atoms with E-state index in [2.05, 4.69) is 10.4 Å². The molecular formula is C14H17ClFN3. The van der Waals surface area contributed by atoms with Crippen LogP contribution in [0.15, 0.2) is 30.6 Å². The van der Waals surface area contributed by atoms with Crippen LogP contribution in [0.3, 0.4) is 0 Å². The van der Waals surface area contributed by atoms with Crippen molar-refractivity contribution < 1.29 is 4.39 Å². The Kier molecular flexibility index (Phi) is 4.56. The molecule has 0 amide bonds. The summed E-state index contributed by atoms with van der Waals surface area (Å²) in [7, 11) is 1.90. The lowest BCUT2D eigenvalue weighted by molar-refractivity contribution is 0.573. The molecule has 1 aromatic heterocycles. The van der Waals surface area contributed by atoms with E-state index in [4.69, 9.17) is 11.6 Å². The van der Waals surface area contributed by atoms with Gasteiger partial charge in [-0.2, -0.15) is 5.10 Å². The Morgan fingerprint density at radius 2 is 2.26 bits per heavy atom. The summed E-state index contributed by atoms with van der Waals surface area (Å²) < 4.78 is 14.8. The van der Waals surface area contributed by atoms with Gasteiger partial charge in [0, 0.05) is 24.3 Å². The summed E-state index contributed by atoms with van der Waals surface area (Å²) in [4.78, 5) is 0. The van der Waals surface area contributed by atoms with Crippen LogP contribution in [0.1, 0.15) is 24.1 Å². The van der Waals surface area contributed by atoms with Gasteiger partial charge in [0.25, 0.3) is 0 Å². The van der Waals surface area contributed by atoms with E-state index >= 15 is 0 Å². The largest absolute Gasteiger partial charge is 0.310 e. The van der Waals surface area contributed by atoms with Crippen molar-refractivity contribution >= 4 is 11.6 Å². The standard InChI is InChI=1S/C14H17ClFN3/c1-10(13-4-3-12(16)7-14(13)15)17-6-5-11-8-18-19(2)9-11/h3-4,7-10,17H,5-6H2,1-2H3. The van der Waals surface area contributed by atoms with E-state index < -0.39 is 0 Å². The predicted octanol–water partition coefficient (Wildman–Crippen LogP) is 3.11.